The van der Waals surface area contributed by atoms with Crippen LogP contribution in [0.4, 0.5) is 0 Å². The van der Waals surface area contributed by atoms with Gasteiger partial charge in [0.15, 0.2) is 0 Å². The molecule has 1 saturated carbocycles. The fourth-order valence-electron chi connectivity index (χ4n) is 3.71. The van der Waals surface area contributed by atoms with Gasteiger partial charge >= 0.3 is 0 Å². The van der Waals surface area contributed by atoms with Gasteiger partial charge in [0.25, 0.3) is 0 Å². The number of hydrogen-bond acceptors (Lipinski definition) is 2. The molecule has 0 aromatic heterocycles. The van der Waals surface area contributed by atoms with Gasteiger partial charge in [-0.15, -0.1) is 0 Å². The van der Waals surface area contributed by atoms with Gasteiger partial charge in [0, 0.05) is 12.6 Å². The molecule has 0 amide bonds. The van der Waals surface area contributed by atoms with E-state index in [-0.39, 0.29) is 0 Å². The smallest absolute Gasteiger partial charge is 0.00791 e. The van der Waals surface area contributed by atoms with Crippen molar-refractivity contribution in [2.75, 3.05) is 19.6 Å². The van der Waals surface area contributed by atoms with E-state index < -0.39 is 0 Å². The highest BCUT2D eigenvalue weighted by atomic mass is 14.9. The van der Waals surface area contributed by atoms with E-state index in [1.165, 1.54) is 71.0 Å². The minimum absolute atomic E-state index is 0.497. The predicted molar refractivity (Wildman–Crippen MR) is 78.9 cm³/mol. The van der Waals surface area contributed by atoms with E-state index in [2.05, 4.69) is 24.5 Å². The molecule has 0 radical (unpaired) electrons. The van der Waals surface area contributed by atoms with Crippen molar-refractivity contribution < 1.29 is 0 Å². The highest BCUT2D eigenvalue weighted by molar-refractivity contribution is 4.84. The highest BCUT2D eigenvalue weighted by Gasteiger charge is 2.31. The summed E-state index contributed by atoms with van der Waals surface area (Å²) in [4.78, 5) is 0. The van der Waals surface area contributed by atoms with Gasteiger partial charge in [-0.2, -0.15) is 0 Å². The van der Waals surface area contributed by atoms with Crippen LogP contribution >= 0.6 is 0 Å². The van der Waals surface area contributed by atoms with Gasteiger partial charge in [0.1, 0.15) is 0 Å². The second kappa shape index (κ2) is 6.91. The van der Waals surface area contributed by atoms with Crippen LogP contribution in [0.1, 0.15) is 65.2 Å². The first-order chi connectivity index (χ1) is 8.68. The van der Waals surface area contributed by atoms with Crippen LogP contribution in [0.3, 0.4) is 0 Å². The molecule has 0 aromatic carbocycles. The van der Waals surface area contributed by atoms with Crippen LogP contribution in [-0.4, -0.2) is 25.7 Å². The first-order valence-corrected chi connectivity index (χ1v) is 8.12. The molecule has 0 aromatic rings. The third-order valence-corrected chi connectivity index (χ3v) is 5.12. The van der Waals surface area contributed by atoms with Crippen LogP contribution in [0.15, 0.2) is 0 Å². The van der Waals surface area contributed by atoms with Gasteiger partial charge in [-0.3, -0.25) is 0 Å². The third-order valence-electron chi connectivity index (χ3n) is 5.12. The molecular weight excluding hydrogens is 220 g/mol. The molecule has 1 saturated heterocycles. The Morgan fingerprint density at radius 2 is 1.78 bits per heavy atom. The van der Waals surface area contributed by atoms with Crippen LogP contribution in [-0.2, 0) is 0 Å². The zero-order valence-corrected chi connectivity index (χ0v) is 12.4. The summed E-state index contributed by atoms with van der Waals surface area (Å²) in [5, 5.41) is 7.34. The van der Waals surface area contributed by atoms with E-state index in [0.717, 1.165) is 12.0 Å². The van der Waals surface area contributed by atoms with Gasteiger partial charge in [0.05, 0.1) is 0 Å². The SMILES string of the molecule is CC(C)(CNCCC1CCCCN1)C1CCCC1. The summed E-state index contributed by atoms with van der Waals surface area (Å²) >= 11 is 0. The molecule has 1 heterocycles. The molecule has 1 aliphatic heterocycles. The lowest BCUT2D eigenvalue weighted by Crippen LogP contribution is -2.39. The molecule has 0 spiro atoms. The number of hydrogen-bond donors (Lipinski definition) is 2. The molecule has 2 fully saturated rings. The second-order valence-corrected chi connectivity index (χ2v) is 7.08. The van der Waals surface area contributed by atoms with Crippen molar-refractivity contribution in [2.24, 2.45) is 11.3 Å². The summed E-state index contributed by atoms with van der Waals surface area (Å²) in [5.74, 6) is 0.956. The zero-order valence-electron chi connectivity index (χ0n) is 12.4. The van der Waals surface area contributed by atoms with Gasteiger partial charge in [-0.25, -0.2) is 0 Å². The molecule has 2 nitrogen and oxygen atoms in total. The average Bonchev–Trinajstić information content (AvgIpc) is 2.91. The zero-order chi connectivity index (χ0) is 12.8. The van der Waals surface area contributed by atoms with Crippen molar-refractivity contribution in [2.45, 2.75) is 71.3 Å². The molecule has 2 rings (SSSR count). The molecule has 2 heteroatoms. The minimum Gasteiger partial charge on any atom is -0.316 e. The van der Waals surface area contributed by atoms with Crippen LogP contribution in [0.2, 0.25) is 0 Å². The maximum absolute atomic E-state index is 3.71. The quantitative estimate of drug-likeness (QED) is 0.709. The summed E-state index contributed by atoms with van der Waals surface area (Å²) in [6, 6.07) is 0.779. The average molecular weight is 252 g/mol. The summed E-state index contributed by atoms with van der Waals surface area (Å²) in [5.41, 5.74) is 0.497. The largest absolute Gasteiger partial charge is 0.316 e. The Hall–Kier alpha value is -0.0800. The minimum atomic E-state index is 0.497. The van der Waals surface area contributed by atoms with Gasteiger partial charge in [-0.05, 0) is 56.5 Å². The van der Waals surface area contributed by atoms with Crippen molar-refractivity contribution in [3.05, 3.63) is 0 Å². The first kappa shape index (κ1) is 14.3. The molecule has 1 unspecified atom stereocenters. The first-order valence-electron chi connectivity index (χ1n) is 8.12. The molecular formula is C16H32N2. The van der Waals surface area contributed by atoms with E-state index in [0.29, 0.717) is 5.41 Å². The number of piperidine rings is 1. The Morgan fingerprint density at radius 1 is 1.06 bits per heavy atom. The summed E-state index contributed by atoms with van der Waals surface area (Å²) in [7, 11) is 0. The Kier molecular flexibility index (Phi) is 5.50. The highest BCUT2D eigenvalue weighted by Crippen LogP contribution is 2.38. The lowest BCUT2D eigenvalue weighted by atomic mass is 9.77. The van der Waals surface area contributed by atoms with Crippen molar-refractivity contribution in [1.82, 2.24) is 10.6 Å². The summed E-state index contributed by atoms with van der Waals surface area (Å²) in [6.07, 6.45) is 11.3. The maximum Gasteiger partial charge on any atom is 0.00791 e. The normalized spacial score (nSPS) is 26.7. The third kappa shape index (κ3) is 4.24. The van der Waals surface area contributed by atoms with E-state index >= 15 is 0 Å². The van der Waals surface area contributed by atoms with Crippen molar-refractivity contribution in [3.8, 4) is 0 Å². The number of rotatable bonds is 6. The van der Waals surface area contributed by atoms with Gasteiger partial charge < -0.3 is 10.6 Å². The standard InChI is InChI=1S/C16H32N2/c1-16(2,14-7-3-4-8-14)13-17-12-10-15-9-5-6-11-18-15/h14-15,17-18H,3-13H2,1-2H3. The van der Waals surface area contributed by atoms with E-state index in [1.807, 2.05) is 0 Å². The lowest BCUT2D eigenvalue weighted by molar-refractivity contribution is 0.207. The van der Waals surface area contributed by atoms with Gasteiger partial charge in [0.2, 0.25) is 0 Å². The van der Waals surface area contributed by atoms with E-state index in [1.54, 1.807) is 0 Å². The molecule has 2 N–H and O–H groups in total. The molecule has 106 valence electrons. The van der Waals surface area contributed by atoms with Crippen LogP contribution < -0.4 is 10.6 Å². The maximum atomic E-state index is 3.71. The van der Waals surface area contributed by atoms with E-state index in [4.69, 9.17) is 0 Å². The van der Waals surface area contributed by atoms with Crippen LogP contribution in [0.25, 0.3) is 0 Å². The number of nitrogens with one attached hydrogen (secondary N) is 2. The van der Waals surface area contributed by atoms with E-state index in [9.17, 15) is 0 Å². The summed E-state index contributed by atoms with van der Waals surface area (Å²) in [6.45, 7) is 8.53. The van der Waals surface area contributed by atoms with Crippen molar-refractivity contribution in [1.29, 1.82) is 0 Å². The lowest BCUT2D eigenvalue weighted by Gasteiger charge is -2.32. The van der Waals surface area contributed by atoms with Gasteiger partial charge in [-0.1, -0.05) is 33.1 Å². The monoisotopic (exact) mass is 252 g/mol. The molecule has 1 atom stereocenters. The Balaban J connectivity index is 1.58. The Bertz CT molecular complexity index is 225. The molecule has 18 heavy (non-hydrogen) atoms. The summed E-state index contributed by atoms with van der Waals surface area (Å²) < 4.78 is 0. The van der Waals surface area contributed by atoms with Crippen molar-refractivity contribution in [3.63, 3.8) is 0 Å². The molecule has 0 bridgehead atoms. The Morgan fingerprint density at radius 3 is 2.44 bits per heavy atom. The van der Waals surface area contributed by atoms with Crippen molar-refractivity contribution >= 4 is 0 Å². The topological polar surface area (TPSA) is 24.1 Å². The van der Waals surface area contributed by atoms with Crippen LogP contribution in [0.5, 0.6) is 0 Å². The fourth-order valence-corrected chi connectivity index (χ4v) is 3.71. The molecule has 2 aliphatic rings. The Labute approximate surface area is 113 Å². The fraction of sp³-hybridized carbons (Fsp3) is 1.00. The molecule has 1 aliphatic carbocycles. The second-order valence-electron chi connectivity index (χ2n) is 7.08. The predicted octanol–water partition coefficient (Wildman–Crippen LogP) is 3.32. The van der Waals surface area contributed by atoms with Crippen LogP contribution in [0, 0.1) is 11.3 Å².